The summed E-state index contributed by atoms with van der Waals surface area (Å²) in [7, 11) is 0. The highest BCUT2D eigenvalue weighted by Gasteiger charge is 2.22. The fraction of sp³-hybridized carbons (Fsp3) is 0.333. The van der Waals surface area contributed by atoms with Gasteiger partial charge in [-0.3, -0.25) is 4.79 Å². The number of amides is 2. The quantitative estimate of drug-likeness (QED) is 0.621. The maximum Gasteiger partial charge on any atom is 0.321 e. The number of rotatable bonds is 3. The number of esters is 1. The standard InChI is InChI=1S/C21H25N3O3.ClH/c1-15-6-4-9-20(16(15)2)23-10-12-24(13-11-23)21(26)22-18-7-5-8-19(14-18)27-17(3)25;/h4-9,14H,10-13H2,1-3H3,(H,22,26);1H. The maximum atomic E-state index is 12.6. The van der Waals surface area contributed by atoms with E-state index in [0.717, 1.165) is 13.1 Å². The van der Waals surface area contributed by atoms with Crippen LogP contribution in [0.1, 0.15) is 18.1 Å². The van der Waals surface area contributed by atoms with Crippen LogP contribution in [-0.2, 0) is 4.79 Å². The number of piperazine rings is 1. The van der Waals surface area contributed by atoms with Crippen LogP contribution < -0.4 is 15.0 Å². The molecule has 0 spiro atoms. The van der Waals surface area contributed by atoms with Crippen molar-refractivity contribution in [2.24, 2.45) is 0 Å². The molecule has 6 nitrogen and oxygen atoms in total. The summed E-state index contributed by atoms with van der Waals surface area (Å²) in [5, 5.41) is 2.88. The number of halogens is 1. The monoisotopic (exact) mass is 403 g/mol. The Morgan fingerprint density at radius 1 is 1.00 bits per heavy atom. The lowest BCUT2D eigenvalue weighted by atomic mass is 10.1. The zero-order chi connectivity index (χ0) is 19.4. The van der Waals surface area contributed by atoms with Gasteiger partial charge in [0.15, 0.2) is 0 Å². The normalized spacial score (nSPS) is 13.5. The predicted octanol–water partition coefficient (Wildman–Crippen LogP) is 4.00. The van der Waals surface area contributed by atoms with E-state index in [0.29, 0.717) is 24.5 Å². The number of hydrogen-bond acceptors (Lipinski definition) is 4. The van der Waals surface area contributed by atoms with Crippen LogP contribution in [-0.4, -0.2) is 43.1 Å². The molecule has 2 aromatic rings. The van der Waals surface area contributed by atoms with Crippen LogP contribution >= 0.6 is 12.4 Å². The van der Waals surface area contributed by atoms with Crippen molar-refractivity contribution in [3.05, 3.63) is 53.6 Å². The van der Waals surface area contributed by atoms with Crippen molar-refractivity contribution >= 4 is 35.8 Å². The Hall–Kier alpha value is -2.73. The van der Waals surface area contributed by atoms with E-state index in [1.165, 1.54) is 23.7 Å². The van der Waals surface area contributed by atoms with Crippen molar-refractivity contribution in [1.82, 2.24) is 4.90 Å². The maximum absolute atomic E-state index is 12.6. The minimum Gasteiger partial charge on any atom is -0.427 e. The molecule has 0 bridgehead atoms. The van der Waals surface area contributed by atoms with Gasteiger partial charge < -0.3 is 19.9 Å². The summed E-state index contributed by atoms with van der Waals surface area (Å²) in [4.78, 5) is 27.8. The lowest BCUT2D eigenvalue weighted by Gasteiger charge is -2.37. The number of aryl methyl sites for hydroxylation is 1. The Balaban J connectivity index is 0.00000280. The van der Waals surface area contributed by atoms with E-state index in [1.807, 2.05) is 0 Å². The second-order valence-electron chi connectivity index (χ2n) is 6.74. The predicted molar refractivity (Wildman–Crippen MR) is 114 cm³/mol. The van der Waals surface area contributed by atoms with Gasteiger partial charge >= 0.3 is 12.0 Å². The van der Waals surface area contributed by atoms with E-state index >= 15 is 0 Å². The number of nitrogens with one attached hydrogen (secondary N) is 1. The highest BCUT2D eigenvalue weighted by atomic mass is 35.5. The summed E-state index contributed by atoms with van der Waals surface area (Å²) in [6, 6.07) is 13.0. The fourth-order valence-corrected chi connectivity index (χ4v) is 3.23. The van der Waals surface area contributed by atoms with Gasteiger partial charge in [-0.25, -0.2) is 4.79 Å². The zero-order valence-electron chi connectivity index (χ0n) is 16.4. The Morgan fingerprint density at radius 3 is 2.36 bits per heavy atom. The van der Waals surface area contributed by atoms with E-state index in [9.17, 15) is 9.59 Å². The van der Waals surface area contributed by atoms with Crippen molar-refractivity contribution in [3.8, 4) is 5.75 Å². The molecule has 0 aliphatic carbocycles. The van der Waals surface area contributed by atoms with Crippen LogP contribution in [0.25, 0.3) is 0 Å². The van der Waals surface area contributed by atoms with E-state index in [1.54, 1.807) is 29.2 Å². The molecule has 2 aromatic carbocycles. The van der Waals surface area contributed by atoms with E-state index < -0.39 is 0 Å². The van der Waals surface area contributed by atoms with Crippen LogP contribution in [0.4, 0.5) is 16.2 Å². The van der Waals surface area contributed by atoms with Gasteiger partial charge in [0, 0.05) is 50.5 Å². The highest BCUT2D eigenvalue weighted by Crippen LogP contribution is 2.24. The first-order valence-corrected chi connectivity index (χ1v) is 9.09. The molecular weight excluding hydrogens is 378 g/mol. The number of hydrogen-bond donors (Lipinski definition) is 1. The van der Waals surface area contributed by atoms with E-state index in [-0.39, 0.29) is 24.4 Å². The number of carbonyl (C=O) groups is 2. The molecule has 0 atom stereocenters. The van der Waals surface area contributed by atoms with Crippen molar-refractivity contribution in [3.63, 3.8) is 0 Å². The van der Waals surface area contributed by atoms with E-state index in [4.69, 9.17) is 4.74 Å². The second-order valence-corrected chi connectivity index (χ2v) is 6.74. The molecule has 1 fully saturated rings. The minimum absolute atomic E-state index is 0. The summed E-state index contributed by atoms with van der Waals surface area (Å²) in [6.07, 6.45) is 0. The number of nitrogens with zero attached hydrogens (tertiary/aromatic N) is 2. The first-order chi connectivity index (χ1) is 12.9. The Kier molecular flexibility index (Phi) is 7.29. The van der Waals surface area contributed by atoms with Gasteiger partial charge in [-0.05, 0) is 43.2 Å². The third-order valence-corrected chi connectivity index (χ3v) is 4.83. The van der Waals surface area contributed by atoms with Gasteiger partial charge in [-0.2, -0.15) is 0 Å². The molecule has 1 aliphatic heterocycles. The Morgan fingerprint density at radius 2 is 1.68 bits per heavy atom. The Bertz CT molecular complexity index is 849. The fourth-order valence-electron chi connectivity index (χ4n) is 3.23. The first kappa shape index (κ1) is 21.6. The van der Waals surface area contributed by atoms with Crippen LogP contribution in [0, 0.1) is 13.8 Å². The average Bonchev–Trinajstić information content (AvgIpc) is 2.64. The van der Waals surface area contributed by atoms with Gasteiger partial charge in [0.05, 0.1) is 0 Å². The van der Waals surface area contributed by atoms with Crippen molar-refractivity contribution in [2.75, 3.05) is 36.4 Å². The van der Waals surface area contributed by atoms with Crippen LogP contribution in [0.3, 0.4) is 0 Å². The molecule has 1 saturated heterocycles. The molecule has 0 unspecified atom stereocenters. The SMILES string of the molecule is CC(=O)Oc1cccc(NC(=O)N2CCN(c3cccc(C)c3C)CC2)c1.Cl. The third kappa shape index (κ3) is 5.16. The van der Waals surface area contributed by atoms with Gasteiger partial charge in [0.2, 0.25) is 0 Å². The number of urea groups is 1. The summed E-state index contributed by atoms with van der Waals surface area (Å²) >= 11 is 0. The van der Waals surface area contributed by atoms with Gasteiger partial charge in [0.25, 0.3) is 0 Å². The minimum atomic E-state index is -0.388. The Labute approximate surface area is 171 Å². The lowest BCUT2D eigenvalue weighted by molar-refractivity contribution is -0.131. The molecule has 0 radical (unpaired) electrons. The van der Waals surface area contributed by atoms with Crippen molar-refractivity contribution in [2.45, 2.75) is 20.8 Å². The average molecular weight is 404 g/mol. The lowest BCUT2D eigenvalue weighted by Crippen LogP contribution is -2.50. The third-order valence-electron chi connectivity index (χ3n) is 4.83. The number of carbonyl (C=O) groups excluding carboxylic acids is 2. The van der Waals surface area contributed by atoms with Crippen LogP contribution in [0.2, 0.25) is 0 Å². The highest BCUT2D eigenvalue weighted by molar-refractivity contribution is 5.89. The second kappa shape index (κ2) is 9.46. The van der Waals surface area contributed by atoms with Crippen LogP contribution in [0.15, 0.2) is 42.5 Å². The molecule has 0 aromatic heterocycles. The van der Waals surface area contributed by atoms with Gasteiger partial charge in [0.1, 0.15) is 5.75 Å². The topological polar surface area (TPSA) is 61.9 Å². The molecule has 28 heavy (non-hydrogen) atoms. The van der Waals surface area contributed by atoms with Crippen molar-refractivity contribution < 1.29 is 14.3 Å². The van der Waals surface area contributed by atoms with Gasteiger partial charge in [-0.1, -0.05) is 18.2 Å². The molecule has 1 N–H and O–H groups in total. The van der Waals surface area contributed by atoms with Gasteiger partial charge in [-0.15, -0.1) is 12.4 Å². The zero-order valence-corrected chi connectivity index (χ0v) is 17.2. The largest absolute Gasteiger partial charge is 0.427 e. The summed E-state index contributed by atoms with van der Waals surface area (Å²) < 4.78 is 5.06. The number of ether oxygens (including phenoxy) is 1. The molecule has 1 aliphatic rings. The van der Waals surface area contributed by atoms with Crippen molar-refractivity contribution in [1.29, 1.82) is 0 Å². The summed E-state index contributed by atoms with van der Waals surface area (Å²) in [5.74, 6) is 0.0288. The van der Waals surface area contributed by atoms with E-state index in [2.05, 4.69) is 42.3 Å². The number of anilines is 2. The molecule has 1 heterocycles. The molecule has 3 rings (SSSR count). The first-order valence-electron chi connectivity index (χ1n) is 9.09. The molecule has 2 amide bonds. The molecule has 0 saturated carbocycles. The molecular formula is C21H26ClN3O3. The molecule has 7 heteroatoms. The number of benzene rings is 2. The van der Waals surface area contributed by atoms with Crippen LogP contribution in [0.5, 0.6) is 5.75 Å². The summed E-state index contributed by atoms with van der Waals surface area (Å²) in [6.45, 7) is 8.51. The molecule has 150 valence electrons. The summed E-state index contributed by atoms with van der Waals surface area (Å²) in [5.41, 5.74) is 4.41. The smallest absolute Gasteiger partial charge is 0.321 e.